The monoisotopic (exact) mass is 504 g/mol. The van der Waals surface area contributed by atoms with Crippen LogP contribution in [0, 0.1) is 10.8 Å². The van der Waals surface area contributed by atoms with Crippen molar-refractivity contribution in [3.05, 3.63) is 29.6 Å². The zero-order chi connectivity index (χ0) is 24.9. The number of carbonyl (C=O) groups is 1. The predicted molar refractivity (Wildman–Crippen MR) is 122 cm³/mol. The summed E-state index contributed by atoms with van der Waals surface area (Å²) in [6.45, 7) is 7.39. The van der Waals surface area contributed by atoms with Gasteiger partial charge in [-0.15, -0.1) is 0 Å². The lowest BCUT2D eigenvalue weighted by Gasteiger charge is -2.63. The van der Waals surface area contributed by atoms with Crippen LogP contribution >= 0.6 is 0 Å². The molecule has 7 rings (SSSR count). The number of urea groups is 1. The summed E-state index contributed by atoms with van der Waals surface area (Å²) in [7, 11) is 0. The smallest absolute Gasteiger partial charge is 0.323 e. The van der Waals surface area contributed by atoms with E-state index in [1.54, 1.807) is 6.92 Å². The molecule has 2 aromatic rings. The molecule has 2 saturated carbocycles. The third-order valence-electron chi connectivity index (χ3n) is 8.78. The molecule has 3 saturated heterocycles. The standard InChI is InChI=1S/C24H31F3N8O/c1-2-34-17(5-19(29-34)24(25,26)27)8-31-9-23(10-31)13-33(14-23)21(36)32-11-22(12-32)6-18(7-22)35-15-28-20(30-35)16-3-4-16/h5,15-16,18H,2-4,6-14H2,1H3. The summed E-state index contributed by atoms with van der Waals surface area (Å²) >= 11 is 0. The SMILES string of the molecule is CCn1nc(C(F)(F)F)cc1CN1CC2(C1)CN(C(=O)N1CC3(CC(n4cnc(C5CC5)n4)C3)C1)C2. The van der Waals surface area contributed by atoms with E-state index >= 15 is 0 Å². The Kier molecular flexibility index (Phi) is 4.67. The van der Waals surface area contributed by atoms with E-state index in [-0.39, 0.29) is 16.9 Å². The lowest BCUT2D eigenvalue weighted by molar-refractivity contribution is -0.141. The van der Waals surface area contributed by atoms with Gasteiger partial charge in [0.25, 0.3) is 0 Å². The maximum absolute atomic E-state index is 13.0. The van der Waals surface area contributed by atoms with Crippen LogP contribution in [0.3, 0.4) is 0 Å². The molecule has 0 bridgehead atoms. The van der Waals surface area contributed by atoms with E-state index in [1.807, 2.05) is 20.8 Å². The van der Waals surface area contributed by atoms with Crippen molar-refractivity contribution in [3.63, 3.8) is 0 Å². The number of aryl methyl sites for hydroxylation is 1. The molecular weight excluding hydrogens is 473 g/mol. The number of alkyl halides is 3. The number of hydrogen-bond donors (Lipinski definition) is 0. The molecule has 9 nitrogen and oxygen atoms in total. The molecule has 36 heavy (non-hydrogen) atoms. The van der Waals surface area contributed by atoms with Crippen molar-refractivity contribution in [2.24, 2.45) is 10.8 Å². The zero-order valence-electron chi connectivity index (χ0n) is 20.4. The van der Waals surface area contributed by atoms with Gasteiger partial charge in [-0.3, -0.25) is 9.58 Å². The number of aromatic nitrogens is 5. The Balaban J connectivity index is 0.858. The molecule has 2 amide bonds. The number of nitrogens with zero attached hydrogens (tertiary/aromatic N) is 8. The van der Waals surface area contributed by atoms with Crippen LogP contribution in [0.5, 0.6) is 0 Å². The summed E-state index contributed by atoms with van der Waals surface area (Å²) in [4.78, 5) is 23.5. The molecule has 3 aliphatic heterocycles. The first-order valence-electron chi connectivity index (χ1n) is 13.0. The summed E-state index contributed by atoms with van der Waals surface area (Å²) in [5.74, 6) is 1.56. The lowest BCUT2D eigenvalue weighted by atomic mass is 9.60. The van der Waals surface area contributed by atoms with Gasteiger partial charge in [0, 0.05) is 69.1 Å². The normalized spacial score (nSPS) is 25.0. The van der Waals surface area contributed by atoms with Crippen molar-refractivity contribution in [2.75, 3.05) is 39.3 Å². The van der Waals surface area contributed by atoms with Crippen molar-refractivity contribution in [1.29, 1.82) is 0 Å². The maximum atomic E-state index is 13.0. The van der Waals surface area contributed by atoms with Crippen LogP contribution in [0.15, 0.2) is 12.4 Å². The molecule has 2 aliphatic carbocycles. The molecule has 194 valence electrons. The summed E-state index contributed by atoms with van der Waals surface area (Å²) in [6, 6.07) is 1.69. The molecule has 12 heteroatoms. The topological polar surface area (TPSA) is 75.3 Å². The molecule has 5 aliphatic rings. The van der Waals surface area contributed by atoms with Gasteiger partial charge in [0.2, 0.25) is 0 Å². The average Bonchev–Trinajstić information content (AvgIpc) is 3.29. The van der Waals surface area contributed by atoms with E-state index in [0.29, 0.717) is 30.7 Å². The summed E-state index contributed by atoms with van der Waals surface area (Å²) < 4.78 is 42.5. The largest absolute Gasteiger partial charge is 0.435 e. The Bertz CT molecular complexity index is 1170. The summed E-state index contributed by atoms with van der Waals surface area (Å²) in [6.07, 6.45) is 1.99. The van der Waals surface area contributed by atoms with E-state index in [1.165, 1.54) is 17.5 Å². The Morgan fingerprint density at radius 3 is 2.31 bits per heavy atom. The minimum Gasteiger partial charge on any atom is -0.323 e. The highest BCUT2D eigenvalue weighted by atomic mass is 19.4. The Morgan fingerprint density at radius 2 is 1.69 bits per heavy atom. The molecule has 2 spiro atoms. The first-order chi connectivity index (χ1) is 17.1. The molecular formula is C24H31F3N8O. The Hall–Kier alpha value is -2.63. The Morgan fingerprint density at radius 1 is 1.03 bits per heavy atom. The third kappa shape index (κ3) is 3.62. The summed E-state index contributed by atoms with van der Waals surface area (Å²) in [5.41, 5.74) is 0.103. The minimum absolute atomic E-state index is 0.0933. The van der Waals surface area contributed by atoms with Crippen LogP contribution < -0.4 is 0 Å². The highest BCUT2D eigenvalue weighted by Gasteiger charge is 2.58. The second-order valence-electron chi connectivity index (χ2n) is 11.9. The van der Waals surface area contributed by atoms with E-state index in [2.05, 4.69) is 20.1 Å². The van der Waals surface area contributed by atoms with Crippen LogP contribution in [-0.4, -0.2) is 84.5 Å². The first kappa shape index (κ1) is 22.6. The minimum atomic E-state index is -4.42. The number of amides is 2. The molecule has 2 aromatic heterocycles. The van der Waals surface area contributed by atoms with Crippen LogP contribution in [0.2, 0.25) is 0 Å². The number of halogens is 3. The second kappa shape index (κ2) is 7.45. The van der Waals surface area contributed by atoms with Gasteiger partial charge in [-0.2, -0.15) is 23.4 Å². The van der Waals surface area contributed by atoms with Gasteiger partial charge in [0.1, 0.15) is 6.33 Å². The third-order valence-corrected chi connectivity index (χ3v) is 8.78. The molecule has 0 unspecified atom stereocenters. The molecule has 0 aromatic carbocycles. The van der Waals surface area contributed by atoms with Gasteiger partial charge in [0.05, 0.1) is 11.7 Å². The van der Waals surface area contributed by atoms with Gasteiger partial charge < -0.3 is 9.80 Å². The number of rotatable bonds is 5. The fraction of sp³-hybridized carbons (Fsp3) is 0.750. The second-order valence-corrected chi connectivity index (χ2v) is 11.9. The van der Waals surface area contributed by atoms with Crippen molar-refractivity contribution in [2.45, 2.75) is 63.8 Å². The average molecular weight is 505 g/mol. The van der Waals surface area contributed by atoms with Gasteiger partial charge in [-0.1, -0.05) is 0 Å². The van der Waals surface area contributed by atoms with Crippen LogP contribution in [0.25, 0.3) is 0 Å². The van der Waals surface area contributed by atoms with Crippen LogP contribution in [0.4, 0.5) is 18.0 Å². The predicted octanol–water partition coefficient (Wildman–Crippen LogP) is 2.97. The number of hydrogen-bond acceptors (Lipinski definition) is 5. The molecule has 5 fully saturated rings. The van der Waals surface area contributed by atoms with E-state index in [0.717, 1.165) is 64.0 Å². The quantitative estimate of drug-likeness (QED) is 0.626. The molecule has 5 heterocycles. The van der Waals surface area contributed by atoms with Gasteiger partial charge in [0.15, 0.2) is 11.5 Å². The van der Waals surface area contributed by atoms with Gasteiger partial charge in [-0.25, -0.2) is 14.5 Å². The molecule has 0 N–H and O–H groups in total. The zero-order valence-corrected chi connectivity index (χ0v) is 20.4. The molecule has 0 atom stereocenters. The van der Waals surface area contributed by atoms with Gasteiger partial charge in [-0.05, 0) is 38.7 Å². The summed E-state index contributed by atoms with van der Waals surface area (Å²) in [5, 5.41) is 8.37. The fourth-order valence-corrected chi connectivity index (χ4v) is 6.81. The van der Waals surface area contributed by atoms with E-state index < -0.39 is 11.9 Å². The first-order valence-corrected chi connectivity index (χ1v) is 13.0. The van der Waals surface area contributed by atoms with Crippen molar-refractivity contribution >= 4 is 6.03 Å². The molecule has 0 radical (unpaired) electrons. The van der Waals surface area contributed by atoms with Crippen LogP contribution in [0.1, 0.15) is 61.8 Å². The fourth-order valence-electron chi connectivity index (χ4n) is 6.81. The van der Waals surface area contributed by atoms with Crippen LogP contribution in [-0.2, 0) is 19.3 Å². The highest BCUT2D eigenvalue weighted by molar-refractivity contribution is 5.77. The Labute approximate surface area is 207 Å². The number of likely N-dealkylation sites (tertiary alicyclic amines) is 3. The highest BCUT2D eigenvalue weighted by Crippen LogP contribution is 2.54. The lowest BCUT2D eigenvalue weighted by Crippen LogP contribution is -2.75. The van der Waals surface area contributed by atoms with E-state index in [9.17, 15) is 18.0 Å². The van der Waals surface area contributed by atoms with Crippen molar-refractivity contribution in [1.82, 2.24) is 39.2 Å². The van der Waals surface area contributed by atoms with Gasteiger partial charge >= 0.3 is 12.2 Å². The van der Waals surface area contributed by atoms with Crippen molar-refractivity contribution < 1.29 is 18.0 Å². The van der Waals surface area contributed by atoms with E-state index in [4.69, 9.17) is 0 Å². The maximum Gasteiger partial charge on any atom is 0.435 e. The number of carbonyl (C=O) groups excluding carboxylic acids is 1. The van der Waals surface area contributed by atoms with Crippen molar-refractivity contribution in [3.8, 4) is 0 Å².